The molecule has 2 rings (SSSR count). The van der Waals surface area contributed by atoms with Crippen molar-refractivity contribution in [2.75, 3.05) is 7.11 Å². The van der Waals surface area contributed by atoms with Gasteiger partial charge in [0.05, 0.1) is 12.8 Å². The predicted octanol–water partition coefficient (Wildman–Crippen LogP) is 2.98. The topological polar surface area (TPSA) is 63.9 Å². The van der Waals surface area contributed by atoms with Gasteiger partial charge < -0.3 is 10.5 Å². The maximum Gasteiger partial charge on any atom is 0.126 e. The van der Waals surface area contributed by atoms with Gasteiger partial charge in [-0.2, -0.15) is 5.10 Å². The van der Waals surface area contributed by atoms with E-state index in [0.717, 1.165) is 28.3 Å². The average molecular weight is 259 g/mol. The van der Waals surface area contributed by atoms with Crippen molar-refractivity contribution in [3.05, 3.63) is 35.2 Å². The van der Waals surface area contributed by atoms with Crippen LogP contribution >= 0.6 is 0 Å². The van der Waals surface area contributed by atoms with E-state index < -0.39 is 0 Å². The molecule has 1 heterocycles. The summed E-state index contributed by atoms with van der Waals surface area (Å²) in [6, 6.07) is 6.28. The van der Waals surface area contributed by atoms with Crippen molar-refractivity contribution in [1.82, 2.24) is 10.2 Å². The molecule has 1 aromatic heterocycles. The summed E-state index contributed by atoms with van der Waals surface area (Å²) in [7, 11) is 1.69. The first-order valence-electron chi connectivity index (χ1n) is 6.50. The molecule has 102 valence electrons. The number of aromatic amines is 1. The number of hydrogen-bond acceptors (Lipinski definition) is 3. The molecule has 0 unspecified atom stereocenters. The number of benzene rings is 1. The molecule has 0 aliphatic carbocycles. The Labute approximate surface area is 114 Å². The van der Waals surface area contributed by atoms with E-state index in [1.54, 1.807) is 7.11 Å². The minimum atomic E-state index is 0.411. The number of nitrogens with one attached hydrogen (secondary N) is 1. The number of ether oxygens (including phenoxy) is 1. The zero-order valence-corrected chi connectivity index (χ0v) is 11.9. The lowest BCUT2D eigenvalue weighted by molar-refractivity contribution is 0.416. The first-order valence-corrected chi connectivity index (χ1v) is 6.50. The molecule has 4 heteroatoms. The van der Waals surface area contributed by atoms with Crippen molar-refractivity contribution in [3.63, 3.8) is 0 Å². The summed E-state index contributed by atoms with van der Waals surface area (Å²) in [6.07, 6.45) is 0. The molecule has 2 aromatic rings. The first kappa shape index (κ1) is 13.6. The van der Waals surface area contributed by atoms with Crippen LogP contribution in [0, 0.1) is 6.92 Å². The Morgan fingerprint density at radius 1 is 1.37 bits per heavy atom. The van der Waals surface area contributed by atoms with Gasteiger partial charge in [-0.05, 0) is 30.5 Å². The van der Waals surface area contributed by atoms with Crippen molar-refractivity contribution in [2.24, 2.45) is 5.73 Å². The lowest BCUT2D eigenvalue weighted by atomic mass is 9.95. The number of methoxy groups -OCH3 is 1. The number of H-pyrrole nitrogens is 1. The van der Waals surface area contributed by atoms with Crippen molar-refractivity contribution in [2.45, 2.75) is 33.2 Å². The Bertz CT molecular complexity index is 573. The fraction of sp³-hybridized carbons (Fsp3) is 0.400. The maximum atomic E-state index is 5.77. The summed E-state index contributed by atoms with van der Waals surface area (Å²) in [5.41, 5.74) is 11.0. The maximum absolute atomic E-state index is 5.77. The number of aromatic nitrogens is 2. The molecule has 0 saturated heterocycles. The second-order valence-electron chi connectivity index (χ2n) is 4.99. The molecule has 4 nitrogen and oxygen atoms in total. The SMILES string of the molecule is COc1ccc(C(C)C)cc1-c1c(CN)n[nH]c1C. The number of aryl methyl sites for hydroxylation is 1. The highest BCUT2D eigenvalue weighted by Gasteiger charge is 2.16. The summed E-state index contributed by atoms with van der Waals surface area (Å²) in [5, 5.41) is 7.26. The molecule has 0 fully saturated rings. The summed E-state index contributed by atoms with van der Waals surface area (Å²) >= 11 is 0. The molecule has 19 heavy (non-hydrogen) atoms. The molecule has 0 saturated carbocycles. The molecule has 0 aliphatic heterocycles. The number of nitrogens with zero attached hydrogens (tertiary/aromatic N) is 1. The molecular weight excluding hydrogens is 238 g/mol. The van der Waals surface area contributed by atoms with Gasteiger partial charge in [-0.15, -0.1) is 0 Å². The Balaban J connectivity index is 2.65. The van der Waals surface area contributed by atoms with E-state index in [1.807, 2.05) is 13.0 Å². The molecule has 0 bridgehead atoms. The van der Waals surface area contributed by atoms with Gasteiger partial charge in [0, 0.05) is 23.4 Å². The second-order valence-corrected chi connectivity index (χ2v) is 4.99. The van der Waals surface area contributed by atoms with Crippen LogP contribution in [0.5, 0.6) is 5.75 Å². The van der Waals surface area contributed by atoms with E-state index in [9.17, 15) is 0 Å². The molecule has 1 aromatic carbocycles. The van der Waals surface area contributed by atoms with E-state index in [2.05, 4.69) is 36.2 Å². The van der Waals surface area contributed by atoms with Crippen molar-refractivity contribution in [1.29, 1.82) is 0 Å². The highest BCUT2D eigenvalue weighted by atomic mass is 16.5. The Morgan fingerprint density at radius 3 is 2.68 bits per heavy atom. The first-order chi connectivity index (χ1) is 9.08. The normalized spacial score (nSPS) is 11.1. The summed E-state index contributed by atoms with van der Waals surface area (Å²) in [5.74, 6) is 1.32. The van der Waals surface area contributed by atoms with Gasteiger partial charge in [-0.3, -0.25) is 5.10 Å². The lowest BCUT2D eigenvalue weighted by Gasteiger charge is -2.13. The molecule has 0 aliphatic rings. The molecular formula is C15H21N3O. The number of hydrogen-bond donors (Lipinski definition) is 2. The van der Waals surface area contributed by atoms with Gasteiger partial charge in [0.1, 0.15) is 5.75 Å². The number of nitrogens with two attached hydrogens (primary N) is 1. The Morgan fingerprint density at radius 2 is 2.11 bits per heavy atom. The highest BCUT2D eigenvalue weighted by Crippen LogP contribution is 2.35. The van der Waals surface area contributed by atoms with Crippen LogP contribution in [0.15, 0.2) is 18.2 Å². The monoisotopic (exact) mass is 259 g/mol. The van der Waals surface area contributed by atoms with E-state index in [-0.39, 0.29) is 0 Å². The van der Waals surface area contributed by atoms with Crippen LogP contribution in [-0.4, -0.2) is 17.3 Å². The third kappa shape index (κ3) is 2.49. The van der Waals surface area contributed by atoms with Gasteiger partial charge in [0.2, 0.25) is 0 Å². The number of rotatable bonds is 4. The van der Waals surface area contributed by atoms with Crippen molar-refractivity contribution >= 4 is 0 Å². The average Bonchev–Trinajstić information content (AvgIpc) is 2.78. The molecule has 3 N–H and O–H groups in total. The standard InChI is InChI=1S/C15H21N3O/c1-9(2)11-5-6-14(19-4)12(7-11)15-10(3)17-18-13(15)8-16/h5-7,9H,8,16H2,1-4H3,(H,17,18). The third-order valence-electron chi connectivity index (χ3n) is 3.38. The van der Waals surface area contributed by atoms with E-state index in [1.165, 1.54) is 5.56 Å². The van der Waals surface area contributed by atoms with E-state index in [4.69, 9.17) is 10.5 Å². The molecule has 0 spiro atoms. The van der Waals surface area contributed by atoms with Crippen LogP contribution in [0.2, 0.25) is 0 Å². The van der Waals surface area contributed by atoms with Crippen LogP contribution in [0.3, 0.4) is 0 Å². The van der Waals surface area contributed by atoms with Gasteiger partial charge in [0.25, 0.3) is 0 Å². The van der Waals surface area contributed by atoms with Crippen molar-refractivity contribution in [3.8, 4) is 16.9 Å². The van der Waals surface area contributed by atoms with Crippen LogP contribution in [0.4, 0.5) is 0 Å². The van der Waals surface area contributed by atoms with E-state index in [0.29, 0.717) is 12.5 Å². The quantitative estimate of drug-likeness (QED) is 0.887. The second kappa shape index (κ2) is 5.45. The third-order valence-corrected chi connectivity index (χ3v) is 3.38. The minimum Gasteiger partial charge on any atom is -0.496 e. The van der Waals surface area contributed by atoms with Crippen LogP contribution < -0.4 is 10.5 Å². The molecule has 0 amide bonds. The zero-order chi connectivity index (χ0) is 14.0. The predicted molar refractivity (Wildman–Crippen MR) is 77.3 cm³/mol. The van der Waals surface area contributed by atoms with Gasteiger partial charge in [-0.1, -0.05) is 19.9 Å². The summed E-state index contributed by atoms with van der Waals surface area (Å²) in [4.78, 5) is 0. The van der Waals surface area contributed by atoms with Gasteiger partial charge in [0.15, 0.2) is 0 Å². The highest BCUT2D eigenvalue weighted by molar-refractivity contribution is 5.75. The zero-order valence-electron chi connectivity index (χ0n) is 11.9. The minimum absolute atomic E-state index is 0.411. The van der Waals surface area contributed by atoms with Crippen LogP contribution in [0.25, 0.3) is 11.1 Å². The van der Waals surface area contributed by atoms with Crippen molar-refractivity contribution < 1.29 is 4.74 Å². The largest absolute Gasteiger partial charge is 0.496 e. The van der Waals surface area contributed by atoms with Crippen LogP contribution in [0.1, 0.15) is 36.7 Å². The molecule has 0 atom stereocenters. The fourth-order valence-corrected chi connectivity index (χ4v) is 2.26. The smallest absolute Gasteiger partial charge is 0.126 e. The Kier molecular flexibility index (Phi) is 3.90. The summed E-state index contributed by atoms with van der Waals surface area (Å²) < 4.78 is 5.48. The lowest BCUT2D eigenvalue weighted by Crippen LogP contribution is -2.00. The van der Waals surface area contributed by atoms with Crippen LogP contribution in [-0.2, 0) is 6.54 Å². The summed E-state index contributed by atoms with van der Waals surface area (Å²) in [6.45, 7) is 6.77. The van der Waals surface area contributed by atoms with Gasteiger partial charge >= 0.3 is 0 Å². The van der Waals surface area contributed by atoms with Gasteiger partial charge in [-0.25, -0.2) is 0 Å². The fourth-order valence-electron chi connectivity index (χ4n) is 2.26. The molecule has 0 radical (unpaired) electrons. The van der Waals surface area contributed by atoms with E-state index >= 15 is 0 Å². The Hall–Kier alpha value is -1.81.